The third-order valence-corrected chi connectivity index (χ3v) is 4.26. The number of Topliss-reactive ketones (excluding diaryl/α,β-unsaturated/α-hetero) is 1. The van der Waals surface area contributed by atoms with Crippen molar-refractivity contribution in [2.45, 2.75) is 13.1 Å². The van der Waals surface area contributed by atoms with Crippen LogP contribution in [-0.2, 0) is 6.18 Å². The van der Waals surface area contributed by atoms with Gasteiger partial charge in [0.05, 0.1) is 5.69 Å². The van der Waals surface area contributed by atoms with E-state index in [2.05, 4.69) is 15.3 Å². The number of aliphatic hydroxyl groups excluding tert-OH is 1. The number of carbonyl (C=O) groups is 2. The largest absolute Gasteiger partial charge is 0.449 e. The smallest absolute Gasteiger partial charge is 0.388 e. The first-order valence-corrected chi connectivity index (χ1v) is 8.59. The number of imidazole rings is 1. The number of hydrogen-bond donors (Lipinski definition) is 3. The number of aromatic amines is 1. The Morgan fingerprint density at radius 1 is 1.13 bits per heavy atom. The summed E-state index contributed by atoms with van der Waals surface area (Å²) in [6.45, 7) is 0.895. The topological polar surface area (TPSA) is 95.1 Å². The second kappa shape index (κ2) is 8.07. The summed E-state index contributed by atoms with van der Waals surface area (Å²) in [6.07, 6.45) is -4.84. The Morgan fingerprint density at radius 2 is 1.80 bits per heavy atom. The highest BCUT2D eigenvalue weighted by Crippen LogP contribution is 2.31. The Labute approximate surface area is 167 Å². The molecule has 0 aliphatic heterocycles. The summed E-state index contributed by atoms with van der Waals surface area (Å²) in [5, 5.41) is 11.4. The van der Waals surface area contributed by atoms with E-state index < -0.39 is 41.8 Å². The van der Waals surface area contributed by atoms with Gasteiger partial charge >= 0.3 is 6.18 Å². The number of rotatable bonds is 5. The Bertz CT molecular complexity index is 1110. The highest BCUT2D eigenvalue weighted by atomic mass is 19.4. The van der Waals surface area contributed by atoms with Gasteiger partial charge in [-0.3, -0.25) is 9.59 Å². The van der Waals surface area contributed by atoms with Crippen molar-refractivity contribution in [2.24, 2.45) is 0 Å². The van der Waals surface area contributed by atoms with Crippen LogP contribution in [0.5, 0.6) is 0 Å². The number of nitrogens with one attached hydrogen (secondary N) is 2. The molecule has 0 spiro atoms. The van der Waals surface area contributed by atoms with E-state index in [1.165, 1.54) is 30.3 Å². The lowest BCUT2D eigenvalue weighted by molar-refractivity contribution is -0.144. The van der Waals surface area contributed by atoms with E-state index in [1.807, 2.05) is 0 Å². The van der Waals surface area contributed by atoms with Crippen molar-refractivity contribution in [3.05, 3.63) is 70.9 Å². The molecule has 0 saturated heterocycles. The molecule has 1 heterocycles. The van der Waals surface area contributed by atoms with E-state index in [1.54, 1.807) is 6.92 Å². The van der Waals surface area contributed by atoms with Crippen molar-refractivity contribution >= 4 is 17.4 Å². The number of H-pyrrole nitrogens is 1. The minimum atomic E-state index is -4.84. The zero-order valence-corrected chi connectivity index (χ0v) is 15.5. The van der Waals surface area contributed by atoms with E-state index in [0.717, 1.165) is 12.1 Å². The normalized spacial score (nSPS) is 11.4. The highest BCUT2D eigenvalue weighted by molar-refractivity contribution is 6.07. The number of alkyl halides is 3. The predicted octanol–water partition coefficient (Wildman–Crippen LogP) is 3.97. The molecule has 0 aliphatic carbocycles. The first-order chi connectivity index (χ1) is 14.1. The van der Waals surface area contributed by atoms with Gasteiger partial charge in [0.15, 0.2) is 11.5 Å². The van der Waals surface area contributed by atoms with Crippen LogP contribution in [0.25, 0.3) is 11.3 Å². The lowest BCUT2D eigenvalue weighted by atomic mass is 10.0. The second-order valence-corrected chi connectivity index (χ2v) is 6.38. The van der Waals surface area contributed by atoms with Crippen LogP contribution in [0.2, 0.25) is 0 Å². The molecule has 0 atom stereocenters. The zero-order valence-electron chi connectivity index (χ0n) is 15.5. The molecule has 0 aliphatic rings. The van der Waals surface area contributed by atoms with E-state index in [9.17, 15) is 27.2 Å². The molecular weight excluding hydrogens is 406 g/mol. The van der Waals surface area contributed by atoms with Crippen molar-refractivity contribution in [1.29, 1.82) is 0 Å². The summed E-state index contributed by atoms with van der Waals surface area (Å²) in [7, 11) is 0. The van der Waals surface area contributed by atoms with Gasteiger partial charge in [0.1, 0.15) is 12.4 Å². The summed E-state index contributed by atoms with van der Waals surface area (Å²) >= 11 is 0. The lowest BCUT2D eigenvalue weighted by Crippen LogP contribution is -2.15. The maximum absolute atomic E-state index is 13.2. The van der Waals surface area contributed by atoms with Crippen molar-refractivity contribution in [3.8, 4) is 11.3 Å². The molecule has 10 heteroatoms. The van der Waals surface area contributed by atoms with Crippen LogP contribution in [0.1, 0.15) is 32.2 Å². The molecule has 3 aromatic rings. The Kier molecular flexibility index (Phi) is 5.70. The SMILES string of the molecule is Cc1ccc(NC(=O)c2nc(C(F)(F)F)[nH]c2-c2ccc(F)cc2)cc1C(=O)CO. The summed E-state index contributed by atoms with van der Waals surface area (Å²) in [5.74, 6) is -3.52. The summed E-state index contributed by atoms with van der Waals surface area (Å²) in [6, 6.07) is 8.78. The average molecular weight is 421 g/mol. The van der Waals surface area contributed by atoms with Gasteiger partial charge in [0, 0.05) is 16.8 Å². The number of aryl methyl sites for hydroxylation is 1. The fourth-order valence-electron chi connectivity index (χ4n) is 2.77. The standard InChI is InChI=1S/C20H15F4N3O3/c1-10-2-7-13(8-14(10)15(29)9-28)25-18(30)17-16(11-3-5-12(21)6-4-11)26-19(27-17)20(22,23)24/h2-8,28H,9H2,1H3,(H,25,30)(H,26,27). The molecular formula is C20H15F4N3O3. The van der Waals surface area contributed by atoms with Gasteiger partial charge in [-0.25, -0.2) is 9.37 Å². The minimum Gasteiger partial charge on any atom is -0.388 e. The van der Waals surface area contributed by atoms with E-state index in [4.69, 9.17) is 5.11 Å². The molecule has 0 saturated carbocycles. The number of amides is 1. The third-order valence-electron chi connectivity index (χ3n) is 4.26. The van der Waals surface area contributed by atoms with E-state index in [0.29, 0.717) is 5.56 Å². The van der Waals surface area contributed by atoms with Gasteiger partial charge in [0.25, 0.3) is 5.91 Å². The number of halogens is 4. The number of hydrogen-bond acceptors (Lipinski definition) is 4. The van der Waals surface area contributed by atoms with Crippen LogP contribution in [0.3, 0.4) is 0 Å². The van der Waals surface area contributed by atoms with Gasteiger partial charge in [-0.1, -0.05) is 6.07 Å². The molecule has 0 radical (unpaired) electrons. The first kappa shape index (κ1) is 21.2. The number of ketones is 1. The van der Waals surface area contributed by atoms with Crippen LogP contribution in [0.4, 0.5) is 23.2 Å². The maximum atomic E-state index is 13.2. The first-order valence-electron chi connectivity index (χ1n) is 8.59. The fraction of sp³-hybridized carbons (Fsp3) is 0.150. The van der Waals surface area contributed by atoms with Crippen LogP contribution in [-0.4, -0.2) is 33.4 Å². The molecule has 0 bridgehead atoms. The quantitative estimate of drug-likeness (QED) is 0.429. The number of carbonyl (C=O) groups excluding carboxylic acids is 2. The van der Waals surface area contributed by atoms with Crippen LogP contribution < -0.4 is 5.32 Å². The predicted molar refractivity (Wildman–Crippen MR) is 99.5 cm³/mol. The van der Waals surface area contributed by atoms with E-state index in [-0.39, 0.29) is 22.5 Å². The van der Waals surface area contributed by atoms with Gasteiger partial charge in [-0.05, 0) is 48.9 Å². The number of benzene rings is 2. The Balaban J connectivity index is 2.00. The molecule has 1 amide bonds. The minimum absolute atomic E-state index is 0.129. The molecule has 2 aromatic carbocycles. The lowest BCUT2D eigenvalue weighted by Gasteiger charge is -2.09. The monoisotopic (exact) mass is 421 g/mol. The Hall–Kier alpha value is -3.53. The molecule has 3 rings (SSSR count). The van der Waals surface area contributed by atoms with Crippen molar-refractivity contribution in [2.75, 3.05) is 11.9 Å². The van der Waals surface area contributed by atoms with E-state index >= 15 is 0 Å². The number of aromatic nitrogens is 2. The number of nitrogens with zero attached hydrogens (tertiary/aromatic N) is 1. The number of anilines is 1. The molecule has 0 fully saturated rings. The van der Waals surface area contributed by atoms with Gasteiger partial charge in [-0.15, -0.1) is 0 Å². The van der Waals surface area contributed by atoms with Gasteiger partial charge in [-0.2, -0.15) is 13.2 Å². The zero-order chi connectivity index (χ0) is 22.1. The average Bonchev–Trinajstić information content (AvgIpc) is 3.15. The number of aliphatic hydroxyl groups is 1. The third kappa shape index (κ3) is 4.38. The van der Waals surface area contributed by atoms with Crippen molar-refractivity contribution in [1.82, 2.24) is 9.97 Å². The van der Waals surface area contributed by atoms with Crippen LogP contribution >= 0.6 is 0 Å². The molecule has 30 heavy (non-hydrogen) atoms. The Morgan fingerprint density at radius 3 is 2.40 bits per heavy atom. The molecule has 6 nitrogen and oxygen atoms in total. The summed E-state index contributed by atoms with van der Waals surface area (Å²) in [4.78, 5) is 29.9. The molecule has 0 unspecified atom stereocenters. The van der Waals surface area contributed by atoms with Crippen LogP contribution in [0.15, 0.2) is 42.5 Å². The molecule has 1 aromatic heterocycles. The fourth-order valence-corrected chi connectivity index (χ4v) is 2.77. The maximum Gasteiger partial charge on any atom is 0.449 e. The van der Waals surface area contributed by atoms with Gasteiger partial charge < -0.3 is 15.4 Å². The highest BCUT2D eigenvalue weighted by Gasteiger charge is 2.37. The molecule has 156 valence electrons. The summed E-state index contributed by atoms with van der Waals surface area (Å²) in [5.41, 5.74) is 0.182. The second-order valence-electron chi connectivity index (χ2n) is 6.38. The van der Waals surface area contributed by atoms with Gasteiger partial charge in [0.2, 0.25) is 5.82 Å². The summed E-state index contributed by atoms with van der Waals surface area (Å²) < 4.78 is 52.6. The van der Waals surface area contributed by atoms with Crippen molar-refractivity contribution < 1.29 is 32.3 Å². The molecule has 3 N–H and O–H groups in total. The van der Waals surface area contributed by atoms with Crippen molar-refractivity contribution in [3.63, 3.8) is 0 Å². The van der Waals surface area contributed by atoms with Crippen LogP contribution in [0, 0.1) is 12.7 Å².